The maximum absolute atomic E-state index is 8.96. The Bertz CT molecular complexity index is 795. The summed E-state index contributed by atoms with van der Waals surface area (Å²) in [6.07, 6.45) is 0. The molecule has 0 aliphatic rings. The molecule has 1 aromatic carbocycles. The number of hydrogen-bond donors (Lipinski definition) is 2. The molecule has 3 aromatic rings. The molecule has 0 saturated carbocycles. The number of pyridine rings is 1. The number of nitrogens with zero attached hydrogens (tertiary/aromatic N) is 3. The van der Waals surface area contributed by atoms with Crippen LogP contribution in [0.4, 0.5) is 5.82 Å². The normalized spacial score (nSPS) is 12.3. The molecule has 0 radical (unpaired) electrons. The van der Waals surface area contributed by atoms with E-state index in [2.05, 4.69) is 40.2 Å². The van der Waals surface area contributed by atoms with Gasteiger partial charge in [0.15, 0.2) is 0 Å². The first-order chi connectivity index (χ1) is 10.7. The first-order valence-corrected chi connectivity index (χ1v) is 7.25. The maximum atomic E-state index is 8.96. The molecule has 5 nitrogen and oxygen atoms in total. The zero-order chi connectivity index (χ0) is 15.5. The van der Waals surface area contributed by atoms with Crippen LogP contribution in [0.1, 0.15) is 31.4 Å². The number of hydrogen-bond acceptors (Lipinski definition) is 4. The summed E-state index contributed by atoms with van der Waals surface area (Å²) in [5.41, 5.74) is 2.37. The van der Waals surface area contributed by atoms with E-state index in [4.69, 9.17) is 5.26 Å². The van der Waals surface area contributed by atoms with Gasteiger partial charge in [-0.1, -0.05) is 32.0 Å². The third kappa shape index (κ3) is 2.77. The van der Waals surface area contributed by atoms with Crippen LogP contribution in [0.5, 0.6) is 0 Å². The van der Waals surface area contributed by atoms with Gasteiger partial charge in [0.05, 0.1) is 17.1 Å². The summed E-state index contributed by atoms with van der Waals surface area (Å²) in [7, 11) is 0. The number of nitriles is 1. The molecule has 2 heterocycles. The summed E-state index contributed by atoms with van der Waals surface area (Å²) in [5, 5.41) is 12.3. The van der Waals surface area contributed by atoms with E-state index in [9.17, 15) is 0 Å². The molecule has 0 fully saturated rings. The molecular weight excluding hydrogens is 274 g/mol. The third-order valence-electron chi connectivity index (χ3n) is 3.54. The highest BCUT2D eigenvalue weighted by atomic mass is 15.1. The first-order valence-electron chi connectivity index (χ1n) is 7.25. The Morgan fingerprint density at radius 2 is 1.91 bits per heavy atom. The minimum atomic E-state index is -0.00570. The molecule has 1 atom stereocenters. The van der Waals surface area contributed by atoms with Gasteiger partial charge in [0, 0.05) is 0 Å². The van der Waals surface area contributed by atoms with Crippen LogP contribution in [0.15, 0.2) is 42.5 Å². The molecule has 2 N–H and O–H groups in total. The van der Waals surface area contributed by atoms with Gasteiger partial charge < -0.3 is 10.3 Å². The number of aromatic nitrogens is 3. The van der Waals surface area contributed by atoms with Crippen molar-refractivity contribution in [2.75, 3.05) is 5.32 Å². The average molecular weight is 291 g/mol. The van der Waals surface area contributed by atoms with Crippen LogP contribution in [0.25, 0.3) is 11.0 Å². The molecule has 0 spiro atoms. The second-order valence-corrected chi connectivity index (χ2v) is 5.53. The Balaban J connectivity index is 1.94. The van der Waals surface area contributed by atoms with Crippen molar-refractivity contribution < 1.29 is 0 Å². The second kappa shape index (κ2) is 5.86. The van der Waals surface area contributed by atoms with E-state index in [1.54, 1.807) is 6.07 Å². The number of benzene rings is 1. The zero-order valence-corrected chi connectivity index (χ0v) is 12.5. The number of imidazole rings is 1. The van der Waals surface area contributed by atoms with Crippen molar-refractivity contribution in [3.63, 3.8) is 0 Å². The summed E-state index contributed by atoms with van der Waals surface area (Å²) in [4.78, 5) is 12.3. The lowest BCUT2D eigenvalue weighted by molar-refractivity contribution is 0.525. The number of nitrogens with one attached hydrogen (secondary N) is 2. The fourth-order valence-electron chi connectivity index (χ4n) is 2.41. The van der Waals surface area contributed by atoms with Gasteiger partial charge in [-0.15, -0.1) is 0 Å². The fourth-order valence-corrected chi connectivity index (χ4v) is 2.41. The van der Waals surface area contributed by atoms with E-state index >= 15 is 0 Å². The van der Waals surface area contributed by atoms with Crippen molar-refractivity contribution in [1.82, 2.24) is 15.0 Å². The minimum absolute atomic E-state index is 0.00570. The Hall–Kier alpha value is -2.87. The van der Waals surface area contributed by atoms with Crippen LogP contribution in [-0.2, 0) is 0 Å². The number of rotatable bonds is 4. The minimum Gasteiger partial charge on any atom is -0.360 e. The first kappa shape index (κ1) is 14.1. The number of H-pyrrole nitrogens is 1. The quantitative estimate of drug-likeness (QED) is 0.769. The fraction of sp³-hybridized carbons (Fsp3) is 0.235. The molecule has 0 bridgehead atoms. The molecule has 2 aromatic heterocycles. The van der Waals surface area contributed by atoms with Gasteiger partial charge in [-0.25, -0.2) is 9.97 Å². The second-order valence-electron chi connectivity index (χ2n) is 5.53. The third-order valence-corrected chi connectivity index (χ3v) is 3.54. The molecule has 0 saturated heterocycles. The van der Waals surface area contributed by atoms with Crippen molar-refractivity contribution in [2.45, 2.75) is 19.9 Å². The van der Waals surface area contributed by atoms with E-state index in [1.807, 2.05) is 36.4 Å². The van der Waals surface area contributed by atoms with Gasteiger partial charge in [0.2, 0.25) is 0 Å². The molecular formula is C17H17N5. The summed E-state index contributed by atoms with van der Waals surface area (Å²) in [5.74, 6) is 1.87. The Kier molecular flexibility index (Phi) is 3.75. The van der Waals surface area contributed by atoms with Gasteiger partial charge >= 0.3 is 0 Å². The molecule has 110 valence electrons. The Morgan fingerprint density at radius 3 is 2.64 bits per heavy atom. The van der Waals surface area contributed by atoms with Crippen molar-refractivity contribution >= 4 is 16.9 Å². The van der Waals surface area contributed by atoms with Crippen molar-refractivity contribution in [3.05, 3.63) is 54.0 Å². The van der Waals surface area contributed by atoms with Crippen molar-refractivity contribution in [1.29, 1.82) is 5.26 Å². The monoisotopic (exact) mass is 291 g/mol. The molecule has 0 unspecified atom stereocenters. The van der Waals surface area contributed by atoms with Gasteiger partial charge in [-0.3, -0.25) is 0 Å². The predicted octanol–water partition coefficient (Wildman–Crippen LogP) is 3.64. The van der Waals surface area contributed by atoms with Crippen LogP contribution in [0.3, 0.4) is 0 Å². The highest BCUT2D eigenvalue weighted by Gasteiger charge is 2.20. The van der Waals surface area contributed by atoms with Gasteiger partial charge in [0.25, 0.3) is 0 Å². The van der Waals surface area contributed by atoms with E-state index in [0.717, 1.165) is 16.9 Å². The summed E-state index contributed by atoms with van der Waals surface area (Å²) in [6.45, 7) is 4.25. The number of aromatic amines is 1. The van der Waals surface area contributed by atoms with Crippen LogP contribution in [0.2, 0.25) is 0 Å². The topological polar surface area (TPSA) is 77.4 Å². The Labute approximate surface area is 129 Å². The maximum Gasteiger partial charge on any atom is 0.142 e. The van der Waals surface area contributed by atoms with Crippen LogP contribution < -0.4 is 5.32 Å². The number of fused-ring (bicyclic) bond motifs is 1. The SMILES string of the molecule is CC(C)[C@@H](Nc1cccc(C#N)n1)c1nc2ccccc2[nH]1. The van der Waals surface area contributed by atoms with E-state index in [-0.39, 0.29) is 6.04 Å². The van der Waals surface area contributed by atoms with Crippen LogP contribution in [0, 0.1) is 17.2 Å². The van der Waals surface area contributed by atoms with Crippen LogP contribution in [-0.4, -0.2) is 15.0 Å². The van der Waals surface area contributed by atoms with Crippen LogP contribution >= 0.6 is 0 Å². The van der Waals surface area contributed by atoms with E-state index in [0.29, 0.717) is 17.4 Å². The van der Waals surface area contributed by atoms with Crippen molar-refractivity contribution in [2.24, 2.45) is 5.92 Å². The molecule has 0 amide bonds. The number of anilines is 1. The lowest BCUT2D eigenvalue weighted by Crippen LogP contribution is -2.19. The van der Waals surface area contributed by atoms with Gasteiger partial charge in [-0.05, 0) is 30.2 Å². The van der Waals surface area contributed by atoms with Gasteiger partial charge in [-0.2, -0.15) is 5.26 Å². The molecule has 0 aliphatic heterocycles. The lowest BCUT2D eigenvalue weighted by atomic mass is 10.0. The molecule has 3 rings (SSSR count). The standard InChI is InChI=1S/C17H17N5/c1-11(2)16(22-15-9-5-6-12(10-18)19-15)17-20-13-7-3-4-8-14(13)21-17/h3-9,11,16H,1-2H3,(H,19,22)(H,20,21)/t16-/m1/s1. The smallest absolute Gasteiger partial charge is 0.142 e. The average Bonchev–Trinajstić information content (AvgIpc) is 2.96. The van der Waals surface area contributed by atoms with E-state index < -0.39 is 0 Å². The summed E-state index contributed by atoms with van der Waals surface area (Å²) in [6, 6.07) is 15.4. The molecule has 0 aliphatic carbocycles. The number of para-hydroxylation sites is 2. The molecule has 5 heteroatoms. The predicted molar refractivity (Wildman–Crippen MR) is 86.2 cm³/mol. The largest absolute Gasteiger partial charge is 0.360 e. The molecule has 22 heavy (non-hydrogen) atoms. The lowest BCUT2D eigenvalue weighted by Gasteiger charge is -2.20. The highest BCUT2D eigenvalue weighted by Crippen LogP contribution is 2.25. The zero-order valence-electron chi connectivity index (χ0n) is 12.5. The van der Waals surface area contributed by atoms with Gasteiger partial charge in [0.1, 0.15) is 23.4 Å². The summed E-state index contributed by atoms with van der Waals surface area (Å²) < 4.78 is 0. The van der Waals surface area contributed by atoms with E-state index in [1.165, 1.54) is 0 Å². The summed E-state index contributed by atoms with van der Waals surface area (Å²) >= 11 is 0. The van der Waals surface area contributed by atoms with Crippen molar-refractivity contribution in [3.8, 4) is 6.07 Å². The highest BCUT2D eigenvalue weighted by molar-refractivity contribution is 5.74. The Morgan fingerprint density at radius 1 is 1.09 bits per heavy atom.